The number of hydrogen-bond donors (Lipinski definition) is 1. The van der Waals surface area contributed by atoms with Crippen molar-refractivity contribution < 1.29 is 4.39 Å². The molecule has 26 heavy (non-hydrogen) atoms. The number of nitrogens with one attached hydrogen (secondary N) is 1. The lowest BCUT2D eigenvalue weighted by atomic mass is 9.95. The second kappa shape index (κ2) is 5.86. The smallest absolute Gasteiger partial charge is 0.164 e. The molecule has 1 saturated heterocycles. The van der Waals surface area contributed by atoms with Crippen LogP contribution in [0.1, 0.15) is 17.8 Å². The summed E-state index contributed by atoms with van der Waals surface area (Å²) >= 11 is 1.49. The average molecular weight is 366 g/mol. The number of fused-ring (bicyclic) bond motifs is 2. The fourth-order valence-corrected chi connectivity index (χ4v) is 4.80. The molecule has 132 valence electrons. The summed E-state index contributed by atoms with van der Waals surface area (Å²) in [5, 5.41) is 9.38. The van der Waals surface area contributed by atoms with Gasteiger partial charge in [0.05, 0.1) is 15.7 Å². The summed E-state index contributed by atoms with van der Waals surface area (Å²) in [7, 11) is 1.93. The van der Waals surface area contributed by atoms with Gasteiger partial charge in [0.15, 0.2) is 5.67 Å². The van der Waals surface area contributed by atoms with Gasteiger partial charge in [-0.3, -0.25) is 4.68 Å². The van der Waals surface area contributed by atoms with E-state index >= 15 is 4.39 Å². The van der Waals surface area contributed by atoms with E-state index in [1.807, 2.05) is 30.1 Å². The minimum Gasteiger partial charge on any atom is -0.316 e. The van der Waals surface area contributed by atoms with E-state index in [0.29, 0.717) is 30.9 Å². The van der Waals surface area contributed by atoms with Gasteiger partial charge in [-0.05, 0) is 48.5 Å². The van der Waals surface area contributed by atoms with Crippen LogP contribution in [0.2, 0.25) is 0 Å². The second-order valence-electron chi connectivity index (χ2n) is 6.99. The van der Waals surface area contributed by atoms with Crippen molar-refractivity contribution in [2.45, 2.75) is 18.5 Å². The van der Waals surface area contributed by atoms with Crippen molar-refractivity contribution in [2.24, 2.45) is 7.05 Å². The quantitative estimate of drug-likeness (QED) is 0.572. The first kappa shape index (κ1) is 15.9. The lowest BCUT2D eigenvalue weighted by Crippen LogP contribution is -2.36. The lowest BCUT2D eigenvalue weighted by Gasteiger charge is -2.27. The summed E-state index contributed by atoms with van der Waals surface area (Å²) in [6, 6.07) is 12.5. The van der Waals surface area contributed by atoms with E-state index in [0.717, 1.165) is 32.2 Å². The maximum absolute atomic E-state index is 15.2. The summed E-state index contributed by atoms with van der Waals surface area (Å²) in [6.45, 7) is 1.42. The third kappa shape index (κ3) is 2.61. The number of hydrogen-bond acceptors (Lipinski definition) is 4. The Morgan fingerprint density at radius 1 is 1.08 bits per heavy atom. The number of thiazole rings is 1. The van der Waals surface area contributed by atoms with Crippen LogP contribution in [0.15, 0.2) is 42.6 Å². The molecule has 1 fully saturated rings. The predicted octanol–water partition coefficient (Wildman–Crippen LogP) is 4.40. The van der Waals surface area contributed by atoms with Crippen LogP contribution in [0.5, 0.6) is 0 Å². The molecule has 0 atom stereocenters. The molecular formula is C20H19FN4S. The number of piperidine rings is 1. The molecule has 2 aromatic carbocycles. The maximum Gasteiger partial charge on any atom is 0.164 e. The molecule has 0 saturated carbocycles. The monoisotopic (exact) mass is 366 g/mol. The molecule has 1 N–H and O–H groups in total. The first-order valence-electron chi connectivity index (χ1n) is 8.85. The number of rotatable bonds is 2. The molecule has 0 amide bonds. The van der Waals surface area contributed by atoms with Crippen LogP contribution in [-0.4, -0.2) is 27.9 Å². The predicted molar refractivity (Wildman–Crippen MR) is 104 cm³/mol. The van der Waals surface area contributed by atoms with Crippen molar-refractivity contribution in [2.75, 3.05) is 13.1 Å². The van der Waals surface area contributed by atoms with Gasteiger partial charge in [-0.25, -0.2) is 9.37 Å². The van der Waals surface area contributed by atoms with Gasteiger partial charge in [-0.2, -0.15) is 5.10 Å². The fourth-order valence-electron chi connectivity index (χ4n) is 3.66. The minimum absolute atomic E-state index is 0.497. The fraction of sp³-hybridized carbons (Fsp3) is 0.300. The normalized spacial score (nSPS) is 17.2. The van der Waals surface area contributed by atoms with Crippen LogP contribution < -0.4 is 5.32 Å². The molecule has 0 aliphatic carbocycles. The van der Waals surface area contributed by atoms with E-state index in [9.17, 15) is 0 Å². The zero-order valence-corrected chi connectivity index (χ0v) is 15.3. The van der Waals surface area contributed by atoms with E-state index < -0.39 is 5.67 Å². The SMILES string of the molecule is Cn1cc2cc(-c3ccc4nc(C5(F)CCNCC5)sc4c3)ccc2n1. The van der Waals surface area contributed by atoms with Gasteiger partial charge in [-0.1, -0.05) is 12.1 Å². The Balaban J connectivity index is 1.56. The highest BCUT2D eigenvalue weighted by Crippen LogP contribution is 2.40. The van der Waals surface area contributed by atoms with Crippen molar-refractivity contribution in [3.05, 3.63) is 47.6 Å². The molecule has 6 heteroatoms. The van der Waals surface area contributed by atoms with Gasteiger partial charge in [0.1, 0.15) is 5.01 Å². The Morgan fingerprint density at radius 2 is 1.81 bits per heavy atom. The highest BCUT2D eigenvalue weighted by Gasteiger charge is 2.36. The largest absolute Gasteiger partial charge is 0.316 e. The van der Waals surface area contributed by atoms with E-state index in [1.165, 1.54) is 11.3 Å². The molecule has 1 aliphatic heterocycles. The molecule has 0 radical (unpaired) electrons. The highest BCUT2D eigenvalue weighted by molar-refractivity contribution is 7.18. The van der Waals surface area contributed by atoms with Crippen molar-refractivity contribution in [1.29, 1.82) is 0 Å². The number of halogens is 1. The molecule has 4 aromatic rings. The van der Waals surface area contributed by atoms with E-state index in [4.69, 9.17) is 0 Å². The third-order valence-corrected chi connectivity index (χ3v) is 6.32. The summed E-state index contributed by atoms with van der Waals surface area (Å²) in [5.74, 6) is 0. The molecule has 0 bridgehead atoms. The molecule has 0 unspecified atom stereocenters. The molecule has 3 heterocycles. The van der Waals surface area contributed by atoms with Crippen LogP contribution in [0.4, 0.5) is 4.39 Å². The van der Waals surface area contributed by atoms with Crippen LogP contribution in [0, 0.1) is 0 Å². The average Bonchev–Trinajstić information content (AvgIpc) is 3.23. The topological polar surface area (TPSA) is 42.7 Å². The summed E-state index contributed by atoms with van der Waals surface area (Å²) in [6.07, 6.45) is 3.01. The number of aromatic nitrogens is 3. The molecule has 2 aromatic heterocycles. The maximum atomic E-state index is 15.2. The Morgan fingerprint density at radius 3 is 2.62 bits per heavy atom. The van der Waals surface area contributed by atoms with E-state index in [-0.39, 0.29) is 0 Å². The molecule has 5 rings (SSSR count). The Bertz CT molecular complexity index is 1110. The number of benzene rings is 2. The zero-order chi connectivity index (χ0) is 17.7. The van der Waals surface area contributed by atoms with Gasteiger partial charge in [0, 0.05) is 31.5 Å². The van der Waals surface area contributed by atoms with Gasteiger partial charge >= 0.3 is 0 Å². The molecular weight excluding hydrogens is 347 g/mol. The number of alkyl halides is 1. The van der Waals surface area contributed by atoms with E-state index in [2.05, 4.69) is 39.7 Å². The van der Waals surface area contributed by atoms with Crippen molar-refractivity contribution in [1.82, 2.24) is 20.1 Å². The van der Waals surface area contributed by atoms with Crippen molar-refractivity contribution in [3.8, 4) is 11.1 Å². The van der Waals surface area contributed by atoms with Gasteiger partial charge in [0.25, 0.3) is 0 Å². The summed E-state index contributed by atoms with van der Waals surface area (Å²) in [5.41, 5.74) is 2.84. The highest BCUT2D eigenvalue weighted by atomic mass is 32.1. The summed E-state index contributed by atoms with van der Waals surface area (Å²) in [4.78, 5) is 4.60. The Kier molecular flexibility index (Phi) is 3.58. The molecule has 1 aliphatic rings. The number of aryl methyl sites for hydroxylation is 1. The third-order valence-electron chi connectivity index (χ3n) is 5.12. The zero-order valence-electron chi connectivity index (χ0n) is 14.5. The Hall–Kier alpha value is -2.31. The van der Waals surface area contributed by atoms with Gasteiger partial charge in [-0.15, -0.1) is 11.3 Å². The second-order valence-corrected chi connectivity index (χ2v) is 8.02. The van der Waals surface area contributed by atoms with Crippen LogP contribution in [0.25, 0.3) is 32.2 Å². The summed E-state index contributed by atoms with van der Waals surface area (Å²) < 4.78 is 18.1. The minimum atomic E-state index is -1.29. The van der Waals surface area contributed by atoms with Crippen molar-refractivity contribution in [3.63, 3.8) is 0 Å². The van der Waals surface area contributed by atoms with Crippen LogP contribution in [-0.2, 0) is 12.7 Å². The number of nitrogens with zero attached hydrogens (tertiary/aromatic N) is 3. The standard InChI is InChI=1S/C20H19FN4S/c1-25-12-15-10-13(2-4-16(15)24-25)14-3-5-17-18(11-14)26-19(23-17)20(21)6-8-22-9-7-20/h2-5,10-12,22H,6-9H2,1H3. The first-order chi connectivity index (χ1) is 12.6. The van der Waals surface area contributed by atoms with Crippen molar-refractivity contribution >= 4 is 32.5 Å². The lowest BCUT2D eigenvalue weighted by molar-refractivity contribution is 0.115. The van der Waals surface area contributed by atoms with Gasteiger partial charge in [0.2, 0.25) is 0 Å². The van der Waals surface area contributed by atoms with Gasteiger partial charge < -0.3 is 5.32 Å². The van der Waals surface area contributed by atoms with Crippen LogP contribution >= 0.6 is 11.3 Å². The molecule has 4 nitrogen and oxygen atoms in total. The Labute approximate surface area is 154 Å². The van der Waals surface area contributed by atoms with E-state index in [1.54, 1.807) is 0 Å². The molecule has 0 spiro atoms. The van der Waals surface area contributed by atoms with Crippen LogP contribution in [0.3, 0.4) is 0 Å². The first-order valence-corrected chi connectivity index (χ1v) is 9.67.